The number of hydrogen-bond acceptors (Lipinski definition) is 4. The number of amides is 1. The molecule has 1 heterocycles. The van der Waals surface area contributed by atoms with Gasteiger partial charge >= 0.3 is 0 Å². The molecule has 5 heteroatoms. The Balaban J connectivity index is 1.58. The molecule has 1 N–H and O–H groups in total. The molecular weight excluding hydrogens is 296 g/mol. The van der Waals surface area contributed by atoms with Gasteiger partial charge in [0.1, 0.15) is 5.75 Å². The van der Waals surface area contributed by atoms with Crippen molar-refractivity contribution >= 4 is 22.9 Å². The highest BCUT2D eigenvalue weighted by Gasteiger charge is 2.30. The lowest BCUT2D eigenvalue weighted by Crippen LogP contribution is -2.34. The zero-order chi connectivity index (χ0) is 15.4. The molecule has 0 spiro atoms. The van der Waals surface area contributed by atoms with Gasteiger partial charge in [-0.3, -0.25) is 9.69 Å². The van der Waals surface area contributed by atoms with Gasteiger partial charge in [-0.25, -0.2) is 0 Å². The van der Waals surface area contributed by atoms with Crippen LogP contribution in [0.3, 0.4) is 0 Å². The summed E-state index contributed by atoms with van der Waals surface area (Å²) in [7, 11) is 1.62. The number of carbonyl (C=O) groups excluding carboxylic acids is 1. The van der Waals surface area contributed by atoms with Crippen LogP contribution < -0.4 is 10.1 Å². The number of nitrogens with zero attached hydrogens (tertiary/aromatic N) is 1. The van der Waals surface area contributed by atoms with Crippen molar-refractivity contribution < 1.29 is 9.53 Å². The largest absolute Gasteiger partial charge is 0.497 e. The lowest BCUT2D eigenvalue weighted by Gasteiger charge is -2.20. The molecule has 0 unspecified atom stereocenters. The summed E-state index contributed by atoms with van der Waals surface area (Å²) in [5, 5.41) is 5.03. The minimum Gasteiger partial charge on any atom is -0.497 e. The number of hydrogen-bond donors (Lipinski definition) is 1. The standard InChI is InChI=1S/C17H20N2O2S/c1-21-15-5-2-4-13(10-15)18-17(20)12-19(14-7-8-14)11-16-6-3-9-22-16/h2-6,9-10,14H,7-8,11-12H2,1H3,(H,18,20). The normalized spacial score (nSPS) is 14.1. The van der Waals surface area contributed by atoms with Gasteiger partial charge in [0.2, 0.25) is 5.91 Å². The predicted octanol–water partition coefficient (Wildman–Crippen LogP) is 3.36. The molecule has 1 aromatic heterocycles. The Morgan fingerprint density at radius 3 is 2.91 bits per heavy atom. The molecule has 1 aliphatic carbocycles. The zero-order valence-electron chi connectivity index (χ0n) is 12.6. The molecule has 2 aromatic rings. The summed E-state index contributed by atoms with van der Waals surface area (Å²) in [4.78, 5) is 15.9. The van der Waals surface area contributed by atoms with E-state index in [0.29, 0.717) is 12.6 Å². The number of benzene rings is 1. The van der Waals surface area contributed by atoms with Gasteiger partial charge in [-0.2, -0.15) is 0 Å². The van der Waals surface area contributed by atoms with Crippen molar-refractivity contribution in [2.45, 2.75) is 25.4 Å². The van der Waals surface area contributed by atoms with Gasteiger partial charge in [0.05, 0.1) is 13.7 Å². The van der Waals surface area contributed by atoms with E-state index in [1.165, 1.54) is 17.7 Å². The Labute approximate surface area is 134 Å². The van der Waals surface area contributed by atoms with Crippen molar-refractivity contribution in [3.8, 4) is 5.75 Å². The van der Waals surface area contributed by atoms with E-state index in [1.54, 1.807) is 18.4 Å². The van der Waals surface area contributed by atoms with Crippen molar-refractivity contribution in [1.29, 1.82) is 0 Å². The summed E-state index contributed by atoms with van der Waals surface area (Å²) in [6.07, 6.45) is 2.38. The molecule has 1 amide bonds. The van der Waals surface area contributed by atoms with E-state index in [2.05, 4.69) is 27.7 Å². The Morgan fingerprint density at radius 2 is 2.23 bits per heavy atom. The van der Waals surface area contributed by atoms with E-state index >= 15 is 0 Å². The number of ether oxygens (including phenoxy) is 1. The minimum absolute atomic E-state index is 0.0247. The minimum atomic E-state index is 0.0247. The van der Waals surface area contributed by atoms with Gasteiger partial charge < -0.3 is 10.1 Å². The van der Waals surface area contributed by atoms with E-state index in [-0.39, 0.29) is 5.91 Å². The average Bonchev–Trinajstić information content (AvgIpc) is 3.25. The predicted molar refractivity (Wildman–Crippen MR) is 89.4 cm³/mol. The number of methoxy groups -OCH3 is 1. The third kappa shape index (κ3) is 4.08. The molecule has 0 atom stereocenters. The highest BCUT2D eigenvalue weighted by atomic mass is 32.1. The second-order valence-electron chi connectivity index (χ2n) is 5.50. The fourth-order valence-corrected chi connectivity index (χ4v) is 3.17. The molecule has 22 heavy (non-hydrogen) atoms. The van der Waals surface area contributed by atoms with Crippen LogP contribution in [0.4, 0.5) is 5.69 Å². The highest BCUT2D eigenvalue weighted by Crippen LogP contribution is 2.29. The maximum Gasteiger partial charge on any atom is 0.238 e. The fraction of sp³-hybridized carbons (Fsp3) is 0.353. The highest BCUT2D eigenvalue weighted by molar-refractivity contribution is 7.09. The van der Waals surface area contributed by atoms with Crippen molar-refractivity contribution in [3.63, 3.8) is 0 Å². The van der Waals surface area contributed by atoms with Gasteiger partial charge in [0.25, 0.3) is 0 Å². The van der Waals surface area contributed by atoms with Crippen molar-refractivity contribution in [2.75, 3.05) is 19.0 Å². The number of carbonyl (C=O) groups is 1. The van der Waals surface area contributed by atoms with Crippen LogP contribution in [0.15, 0.2) is 41.8 Å². The summed E-state index contributed by atoms with van der Waals surface area (Å²) < 4.78 is 5.18. The first kappa shape index (κ1) is 15.1. The van der Waals surface area contributed by atoms with Crippen molar-refractivity contribution in [2.24, 2.45) is 0 Å². The SMILES string of the molecule is COc1cccc(NC(=O)CN(Cc2cccs2)C2CC2)c1. The summed E-state index contributed by atoms with van der Waals surface area (Å²) in [6.45, 7) is 1.29. The number of anilines is 1. The maximum absolute atomic E-state index is 12.3. The average molecular weight is 316 g/mol. The van der Waals surface area contributed by atoms with Crippen LogP contribution in [0.2, 0.25) is 0 Å². The van der Waals surface area contributed by atoms with Crippen LogP contribution in [0, 0.1) is 0 Å². The Hall–Kier alpha value is -1.85. The Kier molecular flexibility index (Phi) is 4.75. The summed E-state index contributed by atoms with van der Waals surface area (Å²) in [5.41, 5.74) is 0.774. The molecule has 4 nitrogen and oxygen atoms in total. The van der Waals surface area contributed by atoms with Crippen LogP contribution >= 0.6 is 11.3 Å². The summed E-state index contributed by atoms with van der Waals surface area (Å²) in [6, 6.07) is 12.2. The molecule has 1 aromatic carbocycles. The van der Waals surface area contributed by atoms with Gasteiger partial charge in [-0.15, -0.1) is 11.3 Å². The second-order valence-corrected chi connectivity index (χ2v) is 6.53. The Bertz CT molecular complexity index is 623. The first-order valence-corrected chi connectivity index (χ1v) is 8.33. The van der Waals surface area contributed by atoms with E-state index in [1.807, 2.05) is 24.3 Å². The van der Waals surface area contributed by atoms with Gasteiger partial charge in [0.15, 0.2) is 0 Å². The monoisotopic (exact) mass is 316 g/mol. The Morgan fingerprint density at radius 1 is 1.36 bits per heavy atom. The van der Waals surface area contributed by atoms with Crippen LogP contribution in [0.25, 0.3) is 0 Å². The lowest BCUT2D eigenvalue weighted by atomic mass is 10.3. The summed E-state index contributed by atoms with van der Waals surface area (Å²) >= 11 is 1.74. The fourth-order valence-electron chi connectivity index (χ4n) is 2.44. The number of rotatable bonds is 7. The zero-order valence-corrected chi connectivity index (χ0v) is 13.4. The van der Waals surface area contributed by atoms with Crippen molar-refractivity contribution in [3.05, 3.63) is 46.7 Å². The quantitative estimate of drug-likeness (QED) is 0.851. The van der Waals surface area contributed by atoms with Crippen LogP contribution in [-0.2, 0) is 11.3 Å². The smallest absolute Gasteiger partial charge is 0.238 e. The molecule has 1 saturated carbocycles. The first-order valence-electron chi connectivity index (χ1n) is 7.45. The molecule has 0 aliphatic heterocycles. The summed E-state index contributed by atoms with van der Waals surface area (Å²) in [5.74, 6) is 0.771. The molecule has 0 bridgehead atoms. The van der Waals surface area contributed by atoms with Gasteiger partial charge in [-0.05, 0) is 36.4 Å². The lowest BCUT2D eigenvalue weighted by molar-refractivity contribution is -0.117. The van der Waals surface area contributed by atoms with E-state index < -0.39 is 0 Å². The third-order valence-electron chi connectivity index (χ3n) is 3.70. The topological polar surface area (TPSA) is 41.6 Å². The third-order valence-corrected chi connectivity index (χ3v) is 4.56. The number of nitrogens with one attached hydrogen (secondary N) is 1. The van der Waals surface area contributed by atoms with Crippen LogP contribution in [0.5, 0.6) is 5.75 Å². The molecule has 3 rings (SSSR count). The molecular formula is C17H20N2O2S. The first-order chi connectivity index (χ1) is 10.7. The maximum atomic E-state index is 12.3. The molecule has 1 aliphatic rings. The molecule has 1 fully saturated rings. The second kappa shape index (κ2) is 6.94. The van der Waals surface area contributed by atoms with Gasteiger partial charge in [0, 0.05) is 29.2 Å². The van der Waals surface area contributed by atoms with Crippen LogP contribution in [-0.4, -0.2) is 30.5 Å². The number of thiophene rings is 1. The van der Waals surface area contributed by atoms with E-state index in [9.17, 15) is 4.79 Å². The molecule has 116 valence electrons. The van der Waals surface area contributed by atoms with E-state index in [4.69, 9.17) is 4.74 Å². The molecule has 0 saturated heterocycles. The van der Waals surface area contributed by atoms with E-state index in [0.717, 1.165) is 18.0 Å². The van der Waals surface area contributed by atoms with Crippen LogP contribution in [0.1, 0.15) is 17.7 Å². The molecule has 0 radical (unpaired) electrons. The van der Waals surface area contributed by atoms with Gasteiger partial charge in [-0.1, -0.05) is 12.1 Å². The van der Waals surface area contributed by atoms with Crippen molar-refractivity contribution in [1.82, 2.24) is 4.90 Å².